The number of para-hydroxylation sites is 2. The van der Waals surface area contributed by atoms with Gasteiger partial charge < -0.3 is 18.9 Å². The van der Waals surface area contributed by atoms with Gasteiger partial charge in [-0.2, -0.15) is 0 Å². The highest BCUT2D eigenvalue weighted by Crippen LogP contribution is 2.39. The SMILES string of the molecule is CC1(C)COB(c2ccc(N3CCOc4ccccc43)c([N+](=O)[O-])c2)OC1. The molecule has 1 saturated heterocycles. The van der Waals surface area contributed by atoms with Gasteiger partial charge in [0.15, 0.2) is 0 Å². The van der Waals surface area contributed by atoms with Gasteiger partial charge in [0.2, 0.25) is 0 Å². The van der Waals surface area contributed by atoms with E-state index in [1.54, 1.807) is 12.1 Å². The zero-order chi connectivity index (χ0) is 19.0. The molecule has 0 amide bonds. The van der Waals surface area contributed by atoms with Crippen molar-refractivity contribution in [3.63, 3.8) is 0 Å². The Morgan fingerprint density at radius 3 is 2.59 bits per heavy atom. The molecule has 2 aromatic carbocycles. The molecule has 2 aliphatic rings. The number of benzene rings is 2. The first kappa shape index (κ1) is 17.8. The summed E-state index contributed by atoms with van der Waals surface area (Å²) in [5.74, 6) is 0.725. The molecule has 4 rings (SSSR count). The van der Waals surface area contributed by atoms with Crippen LogP contribution < -0.4 is 15.1 Å². The van der Waals surface area contributed by atoms with Crippen LogP contribution in [0.5, 0.6) is 5.75 Å². The highest BCUT2D eigenvalue weighted by Gasteiger charge is 2.35. The van der Waals surface area contributed by atoms with Gasteiger partial charge in [-0.3, -0.25) is 10.1 Å². The molecule has 27 heavy (non-hydrogen) atoms. The fraction of sp³-hybridized carbons (Fsp3) is 0.368. The molecule has 0 radical (unpaired) electrons. The van der Waals surface area contributed by atoms with Gasteiger partial charge in [0.05, 0.1) is 17.2 Å². The number of nitrogens with zero attached hydrogens (tertiary/aromatic N) is 2. The number of rotatable bonds is 3. The first-order valence-electron chi connectivity index (χ1n) is 8.95. The molecule has 2 aromatic rings. The minimum absolute atomic E-state index is 0.0289. The van der Waals surface area contributed by atoms with Gasteiger partial charge in [-0.25, -0.2) is 0 Å². The van der Waals surface area contributed by atoms with E-state index in [1.165, 1.54) is 0 Å². The monoisotopic (exact) mass is 368 g/mol. The minimum atomic E-state index is -0.581. The molecule has 8 heteroatoms. The first-order valence-corrected chi connectivity index (χ1v) is 8.95. The molecule has 0 N–H and O–H groups in total. The third-order valence-corrected chi connectivity index (χ3v) is 4.74. The molecule has 0 aromatic heterocycles. The van der Waals surface area contributed by atoms with Gasteiger partial charge in [-0.15, -0.1) is 0 Å². The molecule has 1 fully saturated rings. The summed E-state index contributed by atoms with van der Waals surface area (Å²) in [4.78, 5) is 13.3. The average Bonchev–Trinajstić information content (AvgIpc) is 2.67. The van der Waals surface area contributed by atoms with Crippen molar-refractivity contribution in [1.29, 1.82) is 0 Å². The summed E-state index contributed by atoms with van der Waals surface area (Å²) in [6, 6.07) is 12.7. The largest absolute Gasteiger partial charge is 0.494 e. The fourth-order valence-electron chi connectivity index (χ4n) is 3.37. The maximum Gasteiger partial charge on any atom is 0.494 e. The molecule has 2 heterocycles. The van der Waals surface area contributed by atoms with Crippen LogP contribution in [0.4, 0.5) is 17.1 Å². The number of fused-ring (bicyclic) bond motifs is 1. The van der Waals surface area contributed by atoms with Gasteiger partial charge in [-0.05, 0) is 23.7 Å². The summed E-state index contributed by atoms with van der Waals surface area (Å²) < 4.78 is 17.2. The van der Waals surface area contributed by atoms with Crippen LogP contribution in [0.2, 0.25) is 0 Å². The van der Waals surface area contributed by atoms with Crippen molar-refractivity contribution in [2.75, 3.05) is 31.3 Å². The van der Waals surface area contributed by atoms with Gasteiger partial charge in [0.25, 0.3) is 5.69 Å². The lowest BCUT2D eigenvalue weighted by atomic mass is 9.75. The summed E-state index contributed by atoms with van der Waals surface area (Å²) in [6.45, 7) is 6.23. The van der Waals surface area contributed by atoms with E-state index in [0.717, 1.165) is 11.4 Å². The van der Waals surface area contributed by atoms with Gasteiger partial charge >= 0.3 is 7.12 Å². The van der Waals surface area contributed by atoms with Crippen molar-refractivity contribution in [2.24, 2.45) is 5.41 Å². The lowest BCUT2D eigenvalue weighted by molar-refractivity contribution is -0.384. The van der Waals surface area contributed by atoms with E-state index in [9.17, 15) is 10.1 Å². The first-order chi connectivity index (χ1) is 12.9. The number of nitro groups is 1. The Kier molecular flexibility index (Phi) is 4.53. The van der Waals surface area contributed by atoms with Crippen LogP contribution in [0.25, 0.3) is 0 Å². The second-order valence-corrected chi connectivity index (χ2v) is 7.59. The standard InChI is InChI=1S/C19H21BN2O5/c1-19(2)12-26-20(27-13-19)14-7-8-15(17(11-14)22(23)24)21-9-10-25-18-6-4-3-5-16(18)21/h3-8,11H,9-10,12-13H2,1-2H3. The van der Waals surface area contributed by atoms with Crippen molar-refractivity contribution in [2.45, 2.75) is 13.8 Å². The normalized spacial score (nSPS) is 18.6. The summed E-state index contributed by atoms with van der Waals surface area (Å²) in [5.41, 5.74) is 1.99. The van der Waals surface area contributed by atoms with Crippen LogP contribution in [0.15, 0.2) is 42.5 Å². The molecule has 0 unspecified atom stereocenters. The molecule has 7 nitrogen and oxygen atoms in total. The molecular formula is C19H21BN2O5. The molecule has 140 valence electrons. The zero-order valence-electron chi connectivity index (χ0n) is 15.4. The van der Waals surface area contributed by atoms with Crippen LogP contribution in [0, 0.1) is 15.5 Å². The number of ether oxygens (including phenoxy) is 1. The number of anilines is 2. The smallest absolute Gasteiger partial charge is 0.490 e. The maximum absolute atomic E-state index is 11.8. The Morgan fingerprint density at radius 1 is 1.11 bits per heavy atom. The average molecular weight is 368 g/mol. The fourth-order valence-corrected chi connectivity index (χ4v) is 3.37. The van der Waals surface area contributed by atoms with Crippen molar-refractivity contribution in [3.8, 4) is 5.75 Å². The summed E-state index contributed by atoms with van der Waals surface area (Å²) in [5, 5.41) is 11.8. The molecule has 0 spiro atoms. The van der Waals surface area contributed by atoms with Crippen molar-refractivity contribution >= 4 is 29.6 Å². The molecule has 0 aliphatic carbocycles. The van der Waals surface area contributed by atoms with Crippen LogP contribution in [-0.2, 0) is 9.31 Å². The quantitative estimate of drug-likeness (QED) is 0.471. The predicted molar refractivity (Wildman–Crippen MR) is 103 cm³/mol. The van der Waals surface area contributed by atoms with E-state index in [1.807, 2.05) is 35.2 Å². The van der Waals surface area contributed by atoms with Crippen LogP contribution in [0.1, 0.15) is 13.8 Å². The Hall–Kier alpha value is -2.58. The van der Waals surface area contributed by atoms with Gasteiger partial charge in [0.1, 0.15) is 18.0 Å². The topological polar surface area (TPSA) is 74.1 Å². The number of nitro benzene ring substituents is 1. The Morgan fingerprint density at radius 2 is 1.85 bits per heavy atom. The number of hydrogen-bond acceptors (Lipinski definition) is 6. The summed E-state index contributed by atoms with van der Waals surface area (Å²) in [7, 11) is -0.581. The maximum atomic E-state index is 11.8. The third kappa shape index (κ3) is 3.50. The molecule has 0 atom stereocenters. The van der Waals surface area contributed by atoms with E-state index < -0.39 is 7.12 Å². The van der Waals surface area contributed by atoms with Gasteiger partial charge in [0, 0.05) is 24.7 Å². The second kappa shape index (κ2) is 6.86. The van der Waals surface area contributed by atoms with Crippen LogP contribution in [-0.4, -0.2) is 38.4 Å². The summed E-state index contributed by atoms with van der Waals surface area (Å²) >= 11 is 0. The molecule has 0 saturated carbocycles. The molecule has 0 bridgehead atoms. The predicted octanol–water partition coefficient (Wildman–Crippen LogP) is 2.89. The molecular weight excluding hydrogens is 347 g/mol. The van der Waals surface area contributed by atoms with Crippen LogP contribution >= 0.6 is 0 Å². The van der Waals surface area contributed by atoms with E-state index in [-0.39, 0.29) is 16.0 Å². The summed E-state index contributed by atoms with van der Waals surface area (Å²) in [6.07, 6.45) is 0. The highest BCUT2D eigenvalue weighted by atomic mass is 16.6. The van der Waals surface area contributed by atoms with E-state index >= 15 is 0 Å². The van der Waals surface area contributed by atoms with E-state index in [2.05, 4.69) is 13.8 Å². The second-order valence-electron chi connectivity index (χ2n) is 7.59. The lowest BCUT2D eigenvalue weighted by Gasteiger charge is -2.33. The lowest BCUT2D eigenvalue weighted by Crippen LogP contribution is -2.47. The minimum Gasteiger partial charge on any atom is -0.490 e. The van der Waals surface area contributed by atoms with Crippen molar-refractivity contribution < 1.29 is 19.0 Å². The Bertz CT molecular complexity index is 863. The number of hydrogen-bond donors (Lipinski definition) is 0. The highest BCUT2D eigenvalue weighted by molar-refractivity contribution is 6.61. The van der Waals surface area contributed by atoms with E-state index in [0.29, 0.717) is 37.5 Å². The zero-order valence-corrected chi connectivity index (χ0v) is 15.4. The van der Waals surface area contributed by atoms with Crippen LogP contribution in [0.3, 0.4) is 0 Å². The van der Waals surface area contributed by atoms with Crippen molar-refractivity contribution in [1.82, 2.24) is 0 Å². The Labute approximate surface area is 158 Å². The third-order valence-electron chi connectivity index (χ3n) is 4.74. The molecule has 2 aliphatic heterocycles. The van der Waals surface area contributed by atoms with Gasteiger partial charge in [-0.1, -0.05) is 32.0 Å². The van der Waals surface area contributed by atoms with Crippen molar-refractivity contribution in [3.05, 3.63) is 52.6 Å². The Balaban J connectivity index is 1.68. The van der Waals surface area contributed by atoms with E-state index in [4.69, 9.17) is 14.0 Å².